The van der Waals surface area contributed by atoms with Gasteiger partial charge >= 0.3 is 0 Å². The van der Waals surface area contributed by atoms with Crippen molar-refractivity contribution in [3.05, 3.63) is 71.5 Å². The molecule has 3 heterocycles. The maximum atomic E-state index is 13.2. The molecule has 0 aliphatic carbocycles. The van der Waals surface area contributed by atoms with Gasteiger partial charge in [0.15, 0.2) is 23.4 Å². The Labute approximate surface area is 200 Å². The summed E-state index contributed by atoms with van der Waals surface area (Å²) in [7, 11) is 0. The molecule has 34 heavy (non-hydrogen) atoms. The van der Waals surface area contributed by atoms with Crippen LogP contribution in [0.25, 0.3) is 0 Å². The number of aromatic nitrogens is 1. The van der Waals surface area contributed by atoms with E-state index in [1.54, 1.807) is 6.07 Å². The quantitative estimate of drug-likeness (QED) is 0.565. The predicted molar refractivity (Wildman–Crippen MR) is 131 cm³/mol. The number of phenolic OH excluding ortho intramolecular Hbond substituents is 1. The highest BCUT2D eigenvalue weighted by atomic mass is 16.6. The first-order valence-corrected chi connectivity index (χ1v) is 11.8. The third-order valence-corrected chi connectivity index (χ3v) is 6.79. The average Bonchev–Trinajstić information content (AvgIpc) is 3.13. The molecule has 0 unspecified atom stereocenters. The smallest absolute Gasteiger partial charge is 0.178 e. The normalized spacial score (nSPS) is 18.2. The maximum absolute atomic E-state index is 13.2. The van der Waals surface area contributed by atoms with Crippen molar-refractivity contribution in [1.29, 1.82) is 0 Å². The molecule has 178 valence electrons. The van der Waals surface area contributed by atoms with Gasteiger partial charge in [-0.15, -0.1) is 0 Å². The Morgan fingerprint density at radius 2 is 1.71 bits per heavy atom. The molecular formula is C27H31N3O4. The summed E-state index contributed by atoms with van der Waals surface area (Å²) in [5.74, 6) is 1.98. The van der Waals surface area contributed by atoms with Crippen LogP contribution in [0, 0.1) is 13.8 Å². The number of para-hydroxylation sites is 4. The van der Waals surface area contributed by atoms with Crippen LogP contribution in [0.4, 0.5) is 5.69 Å². The number of Topliss-reactive ketones (excluding diaryl/α,β-unsaturated/α-hetero) is 1. The number of aryl methyl sites for hydroxylation is 1. The molecule has 7 nitrogen and oxygen atoms in total. The first-order chi connectivity index (χ1) is 16.5. The second-order valence-corrected chi connectivity index (χ2v) is 9.07. The molecule has 1 atom stereocenters. The van der Waals surface area contributed by atoms with E-state index in [0.717, 1.165) is 60.3 Å². The predicted octanol–water partition coefficient (Wildman–Crippen LogP) is 3.66. The van der Waals surface area contributed by atoms with E-state index >= 15 is 0 Å². The van der Waals surface area contributed by atoms with Gasteiger partial charge in [0, 0.05) is 43.1 Å². The first kappa shape index (κ1) is 22.3. The number of anilines is 1. The van der Waals surface area contributed by atoms with Crippen LogP contribution in [-0.2, 0) is 6.54 Å². The summed E-state index contributed by atoms with van der Waals surface area (Å²) in [5.41, 5.74) is 3.65. The zero-order valence-corrected chi connectivity index (χ0v) is 19.7. The molecular weight excluding hydrogens is 430 g/mol. The summed E-state index contributed by atoms with van der Waals surface area (Å²) in [6.07, 6.45) is -0.106. The van der Waals surface area contributed by atoms with Gasteiger partial charge in [0.1, 0.15) is 12.4 Å². The minimum Gasteiger partial charge on any atom is -0.506 e. The molecule has 2 aliphatic heterocycles. The molecule has 0 amide bonds. The van der Waals surface area contributed by atoms with Crippen LogP contribution >= 0.6 is 0 Å². The van der Waals surface area contributed by atoms with E-state index < -0.39 is 0 Å². The largest absolute Gasteiger partial charge is 0.506 e. The molecule has 0 spiro atoms. The fourth-order valence-electron chi connectivity index (χ4n) is 4.89. The zero-order valence-electron chi connectivity index (χ0n) is 19.7. The molecule has 5 rings (SSSR count). The van der Waals surface area contributed by atoms with Gasteiger partial charge in [0.25, 0.3) is 0 Å². The lowest BCUT2D eigenvalue weighted by Gasteiger charge is -2.36. The van der Waals surface area contributed by atoms with Gasteiger partial charge in [0.05, 0.1) is 18.8 Å². The molecule has 2 aromatic carbocycles. The standard InChI is InChI=1S/C27H31N3O4/c1-19-15-22(20(2)30(19)16-21-18-33-26-9-5-6-10-27(26)34-21)25(32)17-28-11-13-29(14-12-28)23-7-3-4-8-24(23)31/h3-10,15,21,31H,11-14,16-18H2,1-2H3/t21-/m0/s1. The van der Waals surface area contributed by atoms with E-state index in [-0.39, 0.29) is 11.9 Å². The van der Waals surface area contributed by atoms with Crippen molar-refractivity contribution in [1.82, 2.24) is 9.47 Å². The lowest BCUT2D eigenvalue weighted by molar-refractivity contribution is 0.0777. The molecule has 3 aromatic rings. The van der Waals surface area contributed by atoms with Crippen LogP contribution < -0.4 is 14.4 Å². The van der Waals surface area contributed by atoms with Crippen molar-refractivity contribution >= 4 is 11.5 Å². The van der Waals surface area contributed by atoms with Crippen molar-refractivity contribution in [3.63, 3.8) is 0 Å². The minimum absolute atomic E-state index is 0.106. The number of ether oxygens (including phenoxy) is 2. The van der Waals surface area contributed by atoms with Crippen LogP contribution in [0.1, 0.15) is 21.7 Å². The molecule has 1 aromatic heterocycles. The Balaban J connectivity index is 1.20. The summed E-state index contributed by atoms with van der Waals surface area (Å²) in [6, 6.07) is 17.1. The minimum atomic E-state index is -0.106. The monoisotopic (exact) mass is 461 g/mol. The maximum Gasteiger partial charge on any atom is 0.178 e. The topological polar surface area (TPSA) is 67.2 Å². The van der Waals surface area contributed by atoms with E-state index in [9.17, 15) is 9.90 Å². The number of hydrogen-bond donors (Lipinski definition) is 1. The van der Waals surface area contributed by atoms with Gasteiger partial charge in [-0.25, -0.2) is 0 Å². The van der Waals surface area contributed by atoms with Crippen LogP contribution in [-0.4, -0.2) is 65.8 Å². The third-order valence-electron chi connectivity index (χ3n) is 6.79. The highest BCUT2D eigenvalue weighted by molar-refractivity contribution is 5.99. The number of nitrogens with zero attached hydrogens (tertiary/aromatic N) is 3. The number of piperazine rings is 1. The Morgan fingerprint density at radius 3 is 2.47 bits per heavy atom. The number of aromatic hydroxyl groups is 1. The van der Waals surface area contributed by atoms with E-state index in [0.29, 0.717) is 25.4 Å². The Bertz CT molecular complexity index is 1180. The van der Waals surface area contributed by atoms with E-state index in [1.807, 2.05) is 62.4 Å². The Hall–Kier alpha value is -3.45. The van der Waals surface area contributed by atoms with Crippen LogP contribution in [0.2, 0.25) is 0 Å². The highest BCUT2D eigenvalue weighted by Crippen LogP contribution is 2.32. The van der Waals surface area contributed by atoms with Gasteiger partial charge < -0.3 is 24.0 Å². The number of benzene rings is 2. The third kappa shape index (κ3) is 4.48. The molecule has 7 heteroatoms. The Kier molecular flexibility index (Phi) is 6.20. The lowest BCUT2D eigenvalue weighted by atomic mass is 10.1. The van der Waals surface area contributed by atoms with Crippen molar-refractivity contribution in [3.8, 4) is 17.2 Å². The summed E-state index contributed by atoms with van der Waals surface area (Å²) in [6.45, 7) is 8.69. The molecule has 0 radical (unpaired) electrons. The Morgan fingerprint density at radius 1 is 1.00 bits per heavy atom. The molecule has 2 aliphatic rings. The van der Waals surface area contributed by atoms with Gasteiger partial charge in [-0.05, 0) is 44.2 Å². The molecule has 1 saturated heterocycles. The second-order valence-electron chi connectivity index (χ2n) is 9.07. The van der Waals surface area contributed by atoms with Crippen molar-refractivity contribution in [2.24, 2.45) is 0 Å². The van der Waals surface area contributed by atoms with E-state index in [2.05, 4.69) is 14.4 Å². The summed E-state index contributed by atoms with van der Waals surface area (Å²) in [5, 5.41) is 10.1. The van der Waals surface area contributed by atoms with Crippen molar-refractivity contribution < 1.29 is 19.4 Å². The zero-order chi connectivity index (χ0) is 23.7. The van der Waals surface area contributed by atoms with Gasteiger partial charge in [0.2, 0.25) is 0 Å². The number of hydrogen-bond acceptors (Lipinski definition) is 6. The SMILES string of the molecule is Cc1cc(C(=O)CN2CCN(c3ccccc3O)CC2)c(C)n1C[C@H]1COc2ccccc2O1. The van der Waals surface area contributed by atoms with Gasteiger partial charge in [-0.2, -0.15) is 0 Å². The van der Waals surface area contributed by atoms with Gasteiger partial charge in [-0.3, -0.25) is 9.69 Å². The van der Waals surface area contributed by atoms with E-state index in [1.165, 1.54) is 0 Å². The van der Waals surface area contributed by atoms with Crippen LogP contribution in [0.3, 0.4) is 0 Å². The number of carbonyl (C=O) groups excluding carboxylic acids is 1. The van der Waals surface area contributed by atoms with Crippen molar-refractivity contribution in [2.45, 2.75) is 26.5 Å². The molecule has 0 bridgehead atoms. The van der Waals surface area contributed by atoms with Crippen molar-refractivity contribution in [2.75, 3.05) is 44.2 Å². The number of rotatable bonds is 6. The summed E-state index contributed by atoms with van der Waals surface area (Å²) < 4.78 is 14.1. The molecule has 0 saturated carbocycles. The summed E-state index contributed by atoms with van der Waals surface area (Å²) >= 11 is 0. The molecule has 1 N–H and O–H groups in total. The number of phenols is 1. The van der Waals surface area contributed by atoms with Crippen LogP contribution in [0.15, 0.2) is 54.6 Å². The number of fused-ring (bicyclic) bond motifs is 1. The lowest BCUT2D eigenvalue weighted by Crippen LogP contribution is -2.48. The summed E-state index contributed by atoms with van der Waals surface area (Å²) in [4.78, 5) is 17.6. The fourth-order valence-corrected chi connectivity index (χ4v) is 4.89. The fraction of sp³-hybridized carbons (Fsp3) is 0.370. The second kappa shape index (κ2) is 9.43. The number of carbonyl (C=O) groups is 1. The van der Waals surface area contributed by atoms with Crippen LogP contribution in [0.5, 0.6) is 17.2 Å². The van der Waals surface area contributed by atoms with Gasteiger partial charge in [-0.1, -0.05) is 24.3 Å². The first-order valence-electron chi connectivity index (χ1n) is 11.8. The average molecular weight is 462 g/mol. The highest BCUT2D eigenvalue weighted by Gasteiger charge is 2.26. The van der Waals surface area contributed by atoms with E-state index in [4.69, 9.17) is 9.47 Å². The molecule has 1 fully saturated rings. The number of ketones is 1.